The molecule has 0 aliphatic heterocycles. The number of hydrogen-bond acceptors (Lipinski definition) is 3. The van der Waals surface area contributed by atoms with E-state index in [2.05, 4.69) is 10.0 Å². The lowest BCUT2D eigenvalue weighted by Gasteiger charge is -2.09. The van der Waals surface area contributed by atoms with Crippen molar-refractivity contribution in [1.29, 1.82) is 0 Å². The zero-order valence-corrected chi connectivity index (χ0v) is 15.0. The first-order chi connectivity index (χ1) is 11.4. The predicted octanol–water partition coefficient (Wildman–Crippen LogP) is 3.09. The van der Waals surface area contributed by atoms with Crippen LogP contribution in [0, 0.1) is 0 Å². The van der Waals surface area contributed by atoms with Crippen LogP contribution in [0.1, 0.15) is 5.56 Å². The molecule has 24 heavy (non-hydrogen) atoms. The molecule has 0 bridgehead atoms. The van der Waals surface area contributed by atoms with Crippen molar-refractivity contribution in [3.63, 3.8) is 0 Å². The summed E-state index contributed by atoms with van der Waals surface area (Å²) in [5.74, 6) is -0.621. The number of nitrogens with one attached hydrogen (secondary N) is 2. The highest BCUT2D eigenvalue weighted by molar-refractivity contribution is 7.89. The Morgan fingerprint density at radius 3 is 2.42 bits per heavy atom. The smallest absolute Gasteiger partial charge is 0.239 e. The zero-order valence-electron chi connectivity index (χ0n) is 12.6. The molecule has 0 aliphatic rings. The van der Waals surface area contributed by atoms with Crippen LogP contribution in [0.25, 0.3) is 0 Å². The lowest BCUT2D eigenvalue weighted by atomic mass is 10.2. The third-order valence-corrected chi connectivity index (χ3v) is 5.33. The van der Waals surface area contributed by atoms with Crippen molar-refractivity contribution < 1.29 is 13.2 Å². The average molecular weight is 387 g/mol. The third kappa shape index (κ3) is 5.79. The second-order valence-corrected chi connectivity index (χ2v) is 7.74. The van der Waals surface area contributed by atoms with Crippen LogP contribution in [-0.2, 0) is 21.2 Å². The van der Waals surface area contributed by atoms with E-state index >= 15 is 0 Å². The first-order valence-corrected chi connectivity index (χ1v) is 9.53. The second kappa shape index (κ2) is 8.48. The summed E-state index contributed by atoms with van der Waals surface area (Å²) in [5, 5.41) is 3.03. The Labute approximate surface area is 151 Å². The summed E-state index contributed by atoms with van der Waals surface area (Å²) in [6.07, 6.45) is 0.373. The van der Waals surface area contributed by atoms with E-state index in [9.17, 15) is 13.2 Å². The highest BCUT2D eigenvalue weighted by Gasteiger charge is 2.14. The van der Waals surface area contributed by atoms with Gasteiger partial charge in [0.25, 0.3) is 0 Å². The van der Waals surface area contributed by atoms with E-state index in [-0.39, 0.29) is 17.3 Å². The molecular weight excluding hydrogens is 371 g/mol. The Hall–Kier alpha value is -1.60. The molecule has 5 nitrogen and oxygen atoms in total. The first-order valence-electron chi connectivity index (χ1n) is 7.12. The number of hydrogen-bond donors (Lipinski definition) is 2. The molecule has 128 valence electrons. The Morgan fingerprint density at radius 2 is 1.71 bits per heavy atom. The quantitative estimate of drug-likeness (QED) is 0.767. The van der Waals surface area contributed by atoms with Crippen molar-refractivity contribution in [3.05, 3.63) is 64.1 Å². The molecule has 1 amide bonds. The SMILES string of the molecule is O=C(CNS(=O)(=O)CCc1ccccc1)Nc1cccc(Cl)c1Cl. The Morgan fingerprint density at radius 1 is 1.00 bits per heavy atom. The molecule has 0 fully saturated rings. The third-order valence-electron chi connectivity index (χ3n) is 3.18. The molecule has 2 aromatic carbocycles. The summed E-state index contributed by atoms with van der Waals surface area (Å²) in [6.45, 7) is -0.375. The summed E-state index contributed by atoms with van der Waals surface area (Å²) in [5.41, 5.74) is 1.25. The number of halogens is 2. The molecule has 0 saturated carbocycles. The van der Waals surface area contributed by atoms with Gasteiger partial charge in [0.1, 0.15) is 0 Å². The summed E-state index contributed by atoms with van der Waals surface area (Å²) >= 11 is 11.8. The maximum atomic E-state index is 11.9. The Kier molecular flexibility index (Phi) is 6.62. The molecule has 8 heteroatoms. The molecule has 2 aromatic rings. The van der Waals surface area contributed by atoms with E-state index in [0.29, 0.717) is 17.1 Å². The van der Waals surface area contributed by atoms with E-state index in [1.165, 1.54) is 0 Å². The number of benzene rings is 2. The highest BCUT2D eigenvalue weighted by atomic mass is 35.5. The van der Waals surface area contributed by atoms with Crippen LogP contribution in [0.2, 0.25) is 10.0 Å². The number of amides is 1. The van der Waals surface area contributed by atoms with Gasteiger partial charge in [-0.2, -0.15) is 0 Å². The molecule has 0 aliphatic carbocycles. The van der Waals surface area contributed by atoms with Crippen molar-refractivity contribution in [3.8, 4) is 0 Å². The summed E-state index contributed by atoms with van der Waals surface area (Å²) in [6, 6.07) is 14.1. The van der Waals surface area contributed by atoms with Crippen LogP contribution in [-0.4, -0.2) is 26.6 Å². The number of carbonyl (C=O) groups excluding carboxylic acids is 1. The van der Waals surface area contributed by atoms with Crippen molar-refractivity contribution in [2.24, 2.45) is 0 Å². The number of anilines is 1. The molecule has 2 rings (SSSR count). The lowest BCUT2D eigenvalue weighted by Crippen LogP contribution is -2.34. The molecule has 0 heterocycles. The van der Waals surface area contributed by atoms with Gasteiger partial charge in [-0.15, -0.1) is 0 Å². The van der Waals surface area contributed by atoms with Gasteiger partial charge in [-0.05, 0) is 24.1 Å². The minimum atomic E-state index is -3.56. The molecule has 0 radical (unpaired) electrons. The largest absolute Gasteiger partial charge is 0.324 e. The van der Waals surface area contributed by atoms with E-state index in [1.807, 2.05) is 30.3 Å². The topological polar surface area (TPSA) is 75.3 Å². The first kappa shape index (κ1) is 18.7. The van der Waals surface area contributed by atoms with Crippen LogP contribution in [0.3, 0.4) is 0 Å². The van der Waals surface area contributed by atoms with Crippen LogP contribution in [0.4, 0.5) is 5.69 Å². The van der Waals surface area contributed by atoms with Gasteiger partial charge in [-0.3, -0.25) is 4.79 Å². The van der Waals surface area contributed by atoms with Gasteiger partial charge in [0.2, 0.25) is 15.9 Å². The van der Waals surface area contributed by atoms with Gasteiger partial charge in [0.15, 0.2) is 0 Å². The minimum absolute atomic E-state index is 0.0950. The molecule has 2 N–H and O–H groups in total. The number of aryl methyl sites for hydroxylation is 1. The van der Waals surface area contributed by atoms with E-state index in [1.54, 1.807) is 18.2 Å². The molecule has 0 spiro atoms. The number of carbonyl (C=O) groups is 1. The van der Waals surface area contributed by atoms with Gasteiger partial charge in [-0.25, -0.2) is 13.1 Å². The minimum Gasteiger partial charge on any atom is -0.324 e. The molecule has 0 unspecified atom stereocenters. The number of sulfonamides is 1. The molecule has 0 saturated heterocycles. The molecular formula is C16H16Cl2N2O3S. The van der Waals surface area contributed by atoms with Crippen LogP contribution >= 0.6 is 23.2 Å². The second-order valence-electron chi connectivity index (χ2n) is 5.03. The fraction of sp³-hybridized carbons (Fsp3) is 0.188. The van der Waals surface area contributed by atoms with Crippen LogP contribution in [0.15, 0.2) is 48.5 Å². The fourth-order valence-electron chi connectivity index (χ4n) is 1.94. The standard InChI is InChI=1S/C16H16Cl2N2O3S/c17-13-7-4-8-14(16(13)18)20-15(21)11-19-24(22,23)10-9-12-5-2-1-3-6-12/h1-8,19H,9-11H2,(H,20,21). The fourth-order valence-corrected chi connectivity index (χ4v) is 3.29. The van der Waals surface area contributed by atoms with Crippen molar-refractivity contribution in [2.45, 2.75) is 6.42 Å². The number of rotatable bonds is 7. The monoisotopic (exact) mass is 386 g/mol. The van der Waals surface area contributed by atoms with Gasteiger partial charge >= 0.3 is 0 Å². The van der Waals surface area contributed by atoms with Crippen molar-refractivity contribution in [1.82, 2.24) is 4.72 Å². The van der Waals surface area contributed by atoms with Gasteiger partial charge in [0.05, 0.1) is 28.0 Å². The average Bonchev–Trinajstić information content (AvgIpc) is 2.57. The molecule has 0 atom stereocenters. The maximum absolute atomic E-state index is 11.9. The highest BCUT2D eigenvalue weighted by Crippen LogP contribution is 2.29. The van der Waals surface area contributed by atoms with Crippen molar-refractivity contribution in [2.75, 3.05) is 17.6 Å². The molecule has 0 aromatic heterocycles. The lowest BCUT2D eigenvalue weighted by molar-refractivity contribution is -0.115. The van der Waals surface area contributed by atoms with E-state index in [4.69, 9.17) is 23.2 Å². The summed E-state index contributed by atoms with van der Waals surface area (Å²) < 4.78 is 26.2. The predicted molar refractivity (Wildman–Crippen MR) is 97.0 cm³/mol. The summed E-state index contributed by atoms with van der Waals surface area (Å²) in [7, 11) is -3.56. The van der Waals surface area contributed by atoms with Gasteiger partial charge < -0.3 is 5.32 Å². The van der Waals surface area contributed by atoms with E-state index < -0.39 is 15.9 Å². The maximum Gasteiger partial charge on any atom is 0.239 e. The Bertz CT molecular complexity index is 811. The zero-order chi connectivity index (χ0) is 17.6. The van der Waals surface area contributed by atoms with Crippen LogP contribution in [0.5, 0.6) is 0 Å². The van der Waals surface area contributed by atoms with Gasteiger partial charge in [-0.1, -0.05) is 59.6 Å². The Balaban J connectivity index is 1.85. The van der Waals surface area contributed by atoms with Gasteiger partial charge in [0, 0.05) is 0 Å². The normalized spacial score (nSPS) is 11.2. The summed E-state index contributed by atoms with van der Waals surface area (Å²) in [4.78, 5) is 11.9. The van der Waals surface area contributed by atoms with E-state index in [0.717, 1.165) is 5.56 Å². The van der Waals surface area contributed by atoms with Crippen LogP contribution < -0.4 is 10.0 Å². The van der Waals surface area contributed by atoms with Crippen molar-refractivity contribution >= 4 is 44.8 Å².